The summed E-state index contributed by atoms with van der Waals surface area (Å²) in [7, 11) is 0. The van der Waals surface area contributed by atoms with Crippen LogP contribution in [0.25, 0.3) is 11.3 Å². The zero-order chi connectivity index (χ0) is 11.7. The summed E-state index contributed by atoms with van der Waals surface area (Å²) in [6.45, 7) is 1.74. The van der Waals surface area contributed by atoms with Gasteiger partial charge in [0.2, 0.25) is 0 Å². The molecule has 5 heteroatoms. The van der Waals surface area contributed by atoms with Crippen molar-refractivity contribution in [2.75, 3.05) is 5.73 Å². The van der Waals surface area contributed by atoms with Gasteiger partial charge in [-0.25, -0.2) is 4.79 Å². The van der Waals surface area contributed by atoms with Gasteiger partial charge in [0, 0.05) is 5.56 Å². The van der Waals surface area contributed by atoms with Gasteiger partial charge in [0.15, 0.2) is 0 Å². The Morgan fingerprint density at radius 3 is 2.81 bits per heavy atom. The summed E-state index contributed by atoms with van der Waals surface area (Å²) in [6.07, 6.45) is 1.39. The zero-order valence-electron chi connectivity index (χ0n) is 8.60. The molecule has 0 aliphatic carbocycles. The van der Waals surface area contributed by atoms with Crippen LogP contribution in [-0.4, -0.2) is 16.1 Å². The van der Waals surface area contributed by atoms with E-state index in [0.29, 0.717) is 16.8 Å². The first kappa shape index (κ1) is 10.2. The Labute approximate surface area is 91.5 Å². The number of hydrogen-bond acceptors (Lipinski definition) is 4. The molecule has 3 N–H and O–H groups in total. The Balaban J connectivity index is 2.51. The Hall–Kier alpha value is -2.30. The van der Waals surface area contributed by atoms with Crippen LogP contribution in [0.3, 0.4) is 0 Å². The van der Waals surface area contributed by atoms with Gasteiger partial charge in [-0.05, 0) is 18.6 Å². The van der Waals surface area contributed by atoms with Crippen molar-refractivity contribution in [2.24, 2.45) is 0 Å². The molecular weight excluding hydrogens is 208 g/mol. The molecule has 0 unspecified atom stereocenters. The predicted molar refractivity (Wildman–Crippen MR) is 58.0 cm³/mol. The normalized spacial score (nSPS) is 10.3. The maximum Gasteiger partial charge on any atom is 0.335 e. The number of carbonyl (C=O) groups is 1. The summed E-state index contributed by atoms with van der Waals surface area (Å²) in [5.41, 5.74) is 7.50. The van der Waals surface area contributed by atoms with Crippen molar-refractivity contribution < 1.29 is 14.3 Å². The molecule has 0 aliphatic rings. The van der Waals surface area contributed by atoms with Crippen LogP contribution >= 0.6 is 0 Å². The van der Waals surface area contributed by atoms with Crippen molar-refractivity contribution in [3.05, 3.63) is 35.6 Å². The standard InChI is InChI=1S/C11H10N2O3/c1-6-2-3-7(4-8(6)10(14)15)9-5-16-11(12)13-9/h2-5H,1H3,(H2,12,13)(H,14,15). The molecule has 5 nitrogen and oxygen atoms in total. The van der Waals surface area contributed by atoms with Crippen LogP contribution in [0.1, 0.15) is 15.9 Å². The van der Waals surface area contributed by atoms with Crippen molar-refractivity contribution >= 4 is 12.0 Å². The fourth-order valence-electron chi connectivity index (χ4n) is 1.43. The molecule has 1 aromatic heterocycles. The van der Waals surface area contributed by atoms with Gasteiger partial charge in [0.1, 0.15) is 12.0 Å². The number of carboxylic acids is 1. The predicted octanol–water partition coefficient (Wildman–Crippen LogP) is 1.93. The molecule has 0 radical (unpaired) electrons. The molecule has 0 atom stereocenters. The number of nitrogens with two attached hydrogens (primary N) is 1. The highest BCUT2D eigenvalue weighted by atomic mass is 16.4. The number of anilines is 1. The third-order valence-electron chi connectivity index (χ3n) is 2.29. The van der Waals surface area contributed by atoms with E-state index < -0.39 is 5.97 Å². The second kappa shape index (κ2) is 3.69. The maximum atomic E-state index is 10.9. The van der Waals surface area contributed by atoms with E-state index in [0.717, 1.165) is 0 Å². The fraction of sp³-hybridized carbons (Fsp3) is 0.0909. The quantitative estimate of drug-likeness (QED) is 0.803. The van der Waals surface area contributed by atoms with Crippen LogP contribution in [0.4, 0.5) is 6.01 Å². The van der Waals surface area contributed by atoms with Crippen LogP contribution in [0.2, 0.25) is 0 Å². The number of oxazole rings is 1. The monoisotopic (exact) mass is 218 g/mol. The third-order valence-corrected chi connectivity index (χ3v) is 2.29. The lowest BCUT2D eigenvalue weighted by Crippen LogP contribution is -1.99. The van der Waals surface area contributed by atoms with Crippen LogP contribution in [0, 0.1) is 6.92 Å². The number of nitrogens with zero attached hydrogens (tertiary/aromatic N) is 1. The molecule has 0 fully saturated rings. The molecule has 0 aliphatic heterocycles. The molecule has 1 aromatic carbocycles. The van der Waals surface area contributed by atoms with Crippen molar-refractivity contribution in [3.8, 4) is 11.3 Å². The minimum atomic E-state index is -0.962. The van der Waals surface area contributed by atoms with Crippen LogP contribution in [0.15, 0.2) is 28.9 Å². The highest BCUT2D eigenvalue weighted by molar-refractivity contribution is 5.90. The summed E-state index contributed by atoms with van der Waals surface area (Å²) in [5.74, 6) is -0.962. The Morgan fingerprint density at radius 2 is 2.25 bits per heavy atom. The van der Waals surface area contributed by atoms with Gasteiger partial charge in [-0.3, -0.25) is 0 Å². The number of rotatable bonds is 2. The smallest absolute Gasteiger partial charge is 0.335 e. The summed E-state index contributed by atoms with van der Waals surface area (Å²) in [5, 5.41) is 8.97. The van der Waals surface area contributed by atoms with E-state index >= 15 is 0 Å². The maximum absolute atomic E-state index is 10.9. The Kier molecular flexibility index (Phi) is 2.36. The van der Waals surface area contributed by atoms with E-state index in [-0.39, 0.29) is 11.6 Å². The Morgan fingerprint density at radius 1 is 1.50 bits per heavy atom. The molecule has 2 aromatic rings. The number of aromatic nitrogens is 1. The number of benzene rings is 1. The topological polar surface area (TPSA) is 89.4 Å². The fourth-order valence-corrected chi connectivity index (χ4v) is 1.43. The minimum absolute atomic E-state index is 0.0625. The summed E-state index contributed by atoms with van der Waals surface area (Å²) < 4.78 is 4.87. The lowest BCUT2D eigenvalue weighted by Gasteiger charge is -2.02. The van der Waals surface area contributed by atoms with Crippen molar-refractivity contribution in [3.63, 3.8) is 0 Å². The van der Waals surface area contributed by atoms with Crippen molar-refractivity contribution in [1.82, 2.24) is 4.98 Å². The van der Waals surface area contributed by atoms with Gasteiger partial charge in [-0.1, -0.05) is 12.1 Å². The zero-order valence-corrected chi connectivity index (χ0v) is 8.60. The molecule has 0 saturated heterocycles. The number of aryl methyl sites for hydroxylation is 1. The average molecular weight is 218 g/mol. The highest BCUT2D eigenvalue weighted by Crippen LogP contribution is 2.22. The van der Waals surface area contributed by atoms with Crippen LogP contribution in [-0.2, 0) is 0 Å². The van der Waals surface area contributed by atoms with E-state index in [1.165, 1.54) is 6.26 Å². The highest BCUT2D eigenvalue weighted by Gasteiger charge is 2.10. The number of carboxylic acid groups (broad SMARTS) is 1. The van der Waals surface area contributed by atoms with E-state index in [1.54, 1.807) is 25.1 Å². The first-order chi connectivity index (χ1) is 7.58. The van der Waals surface area contributed by atoms with Gasteiger partial charge >= 0.3 is 5.97 Å². The molecule has 0 spiro atoms. The number of aromatic carboxylic acids is 1. The first-order valence-corrected chi connectivity index (χ1v) is 4.63. The average Bonchev–Trinajstić information content (AvgIpc) is 2.65. The molecule has 82 valence electrons. The Bertz CT molecular complexity index is 546. The van der Waals surface area contributed by atoms with Crippen LogP contribution < -0.4 is 5.73 Å². The number of nitrogen functional groups attached to an aromatic ring is 1. The third kappa shape index (κ3) is 1.75. The van der Waals surface area contributed by atoms with Crippen LogP contribution in [0.5, 0.6) is 0 Å². The second-order valence-electron chi connectivity index (χ2n) is 3.41. The van der Waals surface area contributed by atoms with Gasteiger partial charge in [-0.2, -0.15) is 4.98 Å². The molecule has 2 rings (SSSR count). The van der Waals surface area contributed by atoms with Crippen molar-refractivity contribution in [2.45, 2.75) is 6.92 Å². The molecule has 0 amide bonds. The molecular formula is C11H10N2O3. The molecule has 0 saturated carbocycles. The van der Waals surface area contributed by atoms with E-state index in [2.05, 4.69) is 4.98 Å². The summed E-state index contributed by atoms with van der Waals surface area (Å²) >= 11 is 0. The van der Waals surface area contributed by atoms with E-state index in [4.69, 9.17) is 15.3 Å². The minimum Gasteiger partial charge on any atom is -0.478 e. The second-order valence-corrected chi connectivity index (χ2v) is 3.41. The largest absolute Gasteiger partial charge is 0.478 e. The molecule has 16 heavy (non-hydrogen) atoms. The summed E-state index contributed by atoms with van der Waals surface area (Å²) in [4.78, 5) is 14.9. The molecule has 0 bridgehead atoms. The van der Waals surface area contributed by atoms with E-state index in [9.17, 15) is 4.79 Å². The van der Waals surface area contributed by atoms with Gasteiger partial charge < -0.3 is 15.3 Å². The van der Waals surface area contributed by atoms with Gasteiger partial charge in [0.05, 0.1) is 5.56 Å². The first-order valence-electron chi connectivity index (χ1n) is 4.63. The van der Waals surface area contributed by atoms with Gasteiger partial charge in [0.25, 0.3) is 6.01 Å². The number of hydrogen-bond donors (Lipinski definition) is 2. The SMILES string of the molecule is Cc1ccc(-c2coc(N)n2)cc1C(=O)O. The van der Waals surface area contributed by atoms with Gasteiger partial charge in [-0.15, -0.1) is 0 Å². The van der Waals surface area contributed by atoms with Crippen molar-refractivity contribution in [1.29, 1.82) is 0 Å². The molecule has 1 heterocycles. The summed E-state index contributed by atoms with van der Waals surface area (Å²) in [6, 6.07) is 5.12. The lowest BCUT2D eigenvalue weighted by molar-refractivity contribution is 0.0696. The lowest BCUT2D eigenvalue weighted by atomic mass is 10.0. The van der Waals surface area contributed by atoms with E-state index in [1.807, 2.05) is 0 Å².